The van der Waals surface area contributed by atoms with Crippen molar-refractivity contribution in [1.82, 2.24) is 10.6 Å². The molecule has 0 aliphatic heterocycles. The number of ether oxygens (including phenoxy) is 1. The van der Waals surface area contributed by atoms with Gasteiger partial charge in [0.05, 0.1) is 0 Å². The quantitative estimate of drug-likeness (QED) is 0.840. The molecule has 112 valence electrons. The lowest BCUT2D eigenvalue weighted by Gasteiger charge is -2.21. The van der Waals surface area contributed by atoms with E-state index in [1.54, 1.807) is 0 Å². The van der Waals surface area contributed by atoms with Gasteiger partial charge in [-0.05, 0) is 39.8 Å². The van der Waals surface area contributed by atoms with Gasteiger partial charge in [-0.15, -0.1) is 0 Å². The lowest BCUT2D eigenvalue weighted by Crippen LogP contribution is -2.43. The Balaban J connectivity index is 2.69. The maximum atomic E-state index is 11.8. The molecule has 0 aliphatic rings. The lowest BCUT2D eigenvalue weighted by molar-refractivity contribution is -0.124. The number of amides is 1. The first-order valence-electron chi connectivity index (χ1n) is 7.06. The Morgan fingerprint density at radius 3 is 2.60 bits per heavy atom. The molecule has 0 unspecified atom stereocenters. The Morgan fingerprint density at radius 2 is 2.00 bits per heavy atom. The van der Waals surface area contributed by atoms with Gasteiger partial charge in [-0.3, -0.25) is 4.79 Å². The van der Waals surface area contributed by atoms with E-state index in [9.17, 15) is 4.79 Å². The average Bonchev–Trinajstić information content (AvgIpc) is 2.33. The van der Waals surface area contributed by atoms with Gasteiger partial charge in [-0.1, -0.05) is 25.1 Å². The van der Waals surface area contributed by atoms with E-state index in [2.05, 4.69) is 17.6 Å². The first-order valence-corrected chi connectivity index (χ1v) is 7.06. The van der Waals surface area contributed by atoms with Gasteiger partial charge in [-0.2, -0.15) is 0 Å². The molecular formula is C16H26N2O2. The summed E-state index contributed by atoms with van der Waals surface area (Å²) in [5.41, 5.74) is 1.89. The van der Waals surface area contributed by atoms with Crippen LogP contribution in [0.4, 0.5) is 0 Å². The molecule has 1 rings (SSSR count). The first-order chi connectivity index (χ1) is 9.33. The summed E-state index contributed by atoms with van der Waals surface area (Å²) in [6.07, 6.45) is 0. The summed E-state index contributed by atoms with van der Waals surface area (Å²) < 4.78 is 5.72. The van der Waals surface area contributed by atoms with Crippen molar-refractivity contribution >= 4 is 5.91 Å². The van der Waals surface area contributed by atoms with Crippen molar-refractivity contribution in [1.29, 1.82) is 0 Å². The minimum atomic E-state index is -0.237. The second-order valence-corrected chi connectivity index (χ2v) is 5.93. The van der Waals surface area contributed by atoms with Gasteiger partial charge in [0.2, 0.25) is 0 Å². The van der Waals surface area contributed by atoms with Gasteiger partial charge in [0, 0.05) is 17.6 Å². The molecule has 0 aliphatic carbocycles. The molecule has 0 aromatic heterocycles. The van der Waals surface area contributed by atoms with E-state index in [0.29, 0.717) is 0 Å². The van der Waals surface area contributed by atoms with Crippen LogP contribution in [0, 0.1) is 6.92 Å². The molecule has 4 heteroatoms. The third-order valence-corrected chi connectivity index (χ3v) is 2.72. The van der Waals surface area contributed by atoms with E-state index in [4.69, 9.17) is 4.74 Å². The number of carbonyl (C=O) groups excluding carboxylic acids is 1. The summed E-state index contributed by atoms with van der Waals surface area (Å²) in [6.45, 7) is 11.6. The standard InChI is InChI=1S/C16H26N2O2/c1-6-17-10-13-9-7-8-12(2)15(13)20-11-14(19)18-16(3,4)5/h7-9,17H,6,10-11H2,1-5H3,(H,18,19). The van der Waals surface area contributed by atoms with Crippen molar-refractivity contribution in [2.45, 2.75) is 46.7 Å². The Bertz CT molecular complexity index is 450. The van der Waals surface area contributed by atoms with Crippen LogP contribution in [0.3, 0.4) is 0 Å². The number of nitrogens with one attached hydrogen (secondary N) is 2. The topological polar surface area (TPSA) is 50.4 Å². The van der Waals surface area contributed by atoms with Crippen LogP contribution in [0.5, 0.6) is 5.75 Å². The van der Waals surface area contributed by atoms with Gasteiger partial charge in [0.25, 0.3) is 5.91 Å². The predicted octanol–water partition coefficient (Wildman–Crippen LogP) is 2.40. The maximum absolute atomic E-state index is 11.8. The Hall–Kier alpha value is -1.55. The molecule has 1 aromatic carbocycles. The summed E-state index contributed by atoms with van der Waals surface area (Å²) in [4.78, 5) is 11.8. The zero-order valence-corrected chi connectivity index (χ0v) is 13.2. The van der Waals surface area contributed by atoms with Crippen LogP contribution in [0.15, 0.2) is 18.2 Å². The monoisotopic (exact) mass is 278 g/mol. The second kappa shape index (κ2) is 7.29. The van der Waals surface area contributed by atoms with Crippen molar-refractivity contribution in [3.05, 3.63) is 29.3 Å². The summed E-state index contributed by atoms with van der Waals surface area (Å²) in [6, 6.07) is 6.02. The number of carbonyl (C=O) groups is 1. The number of benzene rings is 1. The minimum absolute atomic E-state index is 0.0429. The predicted molar refractivity (Wildman–Crippen MR) is 82.0 cm³/mol. The van der Waals surface area contributed by atoms with E-state index >= 15 is 0 Å². The molecule has 1 aromatic rings. The van der Waals surface area contributed by atoms with Crippen LogP contribution in [-0.2, 0) is 11.3 Å². The highest BCUT2D eigenvalue weighted by Crippen LogP contribution is 2.23. The molecule has 0 saturated carbocycles. The van der Waals surface area contributed by atoms with Crippen LogP contribution in [0.1, 0.15) is 38.8 Å². The van der Waals surface area contributed by atoms with E-state index in [-0.39, 0.29) is 18.1 Å². The fraction of sp³-hybridized carbons (Fsp3) is 0.562. The third kappa shape index (κ3) is 5.61. The van der Waals surface area contributed by atoms with E-state index < -0.39 is 0 Å². The highest BCUT2D eigenvalue weighted by molar-refractivity contribution is 5.78. The largest absolute Gasteiger partial charge is 0.483 e. The fourth-order valence-corrected chi connectivity index (χ4v) is 1.91. The smallest absolute Gasteiger partial charge is 0.258 e. The summed E-state index contributed by atoms with van der Waals surface area (Å²) >= 11 is 0. The molecule has 0 spiro atoms. The van der Waals surface area contributed by atoms with Gasteiger partial charge >= 0.3 is 0 Å². The molecule has 0 bridgehead atoms. The molecule has 20 heavy (non-hydrogen) atoms. The summed E-state index contributed by atoms with van der Waals surface area (Å²) in [5, 5.41) is 6.17. The zero-order valence-electron chi connectivity index (χ0n) is 13.2. The lowest BCUT2D eigenvalue weighted by atomic mass is 10.1. The molecule has 0 saturated heterocycles. The van der Waals surface area contributed by atoms with Crippen molar-refractivity contribution in [2.24, 2.45) is 0 Å². The van der Waals surface area contributed by atoms with Crippen LogP contribution >= 0.6 is 0 Å². The second-order valence-electron chi connectivity index (χ2n) is 5.93. The van der Waals surface area contributed by atoms with Crippen molar-refractivity contribution < 1.29 is 9.53 Å². The SMILES string of the molecule is CCNCc1cccc(C)c1OCC(=O)NC(C)(C)C. The number of hydrogen-bond donors (Lipinski definition) is 2. The van der Waals surface area contributed by atoms with Gasteiger partial charge < -0.3 is 15.4 Å². The third-order valence-electron chi connectivity index (χ3n) is 2.72. The highest BCUT2D eigenvalue weighted by atomic mass is 16.5. The van der Waals surface area contributed by atoms with Crippen LogP contribution in [-0.4, -0.2) is 24.6 Å². The van der Waals surface area contributed by atoms with E-state index in [1.165, 1.54) is 0 Å². The summed E-state index contributed by atoms with van der Waals surface area (Å²) in [5.74, 6) is 0.702. The van der Waals surface area contributed by atoms with Crippen LogP contribution in [0.2, 0.25) is 0 Å². The number of para-hydroxylation sites is 1. The molecule has 1 amide bonds. The maximum Gasteiger partial charge on any atom is 0.258 e. The molecule has 2 N–H and O–H groups in total. The minimum Gasteiger partial charge on any atom is -0.483 e. The van der Waals surface area contributed by atoms with Gasteiger partial charge in [0.15, 0.2) is 6.61 Å². The molecular weight excluding hydrogens is 252 g/mol. The van der Waals surface area contributed by atoms with Gasteiger partial charge in [0.1, 0.15) is 5.75 Å². The first kappa shape index (κ1) is 16.5. The van der Waals surface area contributed by atoms with E-state index in [0.717, 1.165) is 30.0 Å². The molecule has 0 atom stereocenters. The van der Waals surface area contributed by atoms with E-state index in [1.807, 2.05) is 45.9 Å². The van der Waals surface area contributed by atoms with Crippen LogP contribution in [0.25, 0.3) is 0 Å². The van der Waals surface area contributed by atoms with Gasteiger partial charge in [-0.25, -0.2) is 0 Å². The Kier molecular flexibility index (Phi) is 6.02. The van der Waals surface area contributed by atoms with Crippen molar-refractivity contribution in [2.75, 3.05) is 13.2 Å². The Morgan fingerprint density at radius 1 is 1.30 bits per heavy atom. The van der Waals surface area contributed by atoms with Crippen molar-refractivity contribution in [3.63, 3.8) is 0 Å². The number of aryl methyl sites for hydroxylation is 1. The van der Waals surface area contributed by atoms with Crippen molar-refractivity contribution in [3.8, 4) is 5.75 Å². The Labute approximate surface area is 121 Å². The number of hydrogen-bond acceptors (Lipinski definition) is 3. The normalized spacial score (nSPS) is 11.2. The fourth-order valence-electron chi connectivity index (χ4n) is 1.91. The zero-order chi connectivity index (χ0) is 15.2. The highest BCUT2D eigenvalue weighted by Gasteiger charge is 2.15. The molecule has 0 radical (unpaired) electrons. The molecule has 0 fully saturated rings. The molecule has 4 nitrogen and oxygen atoms in total. The van der Waals surface area contributed by atoms with Crippen LogP contribution < -0.4 is 15.4 Å². The summed E-state index contributed by atoms with van der Waals surface area (Å²) in [7, 11) is 0. The average molecular weight is 278 g/mol. The number of rotatable bonds is 6. The molecule has 0 heterocycles.